The molecular weight excluding hydrogens is 408 g/mol. The summed E-state index contributed by atoms with van der Waals surface area (Å²) < 4.78 is 0.673. The summed E-state index contributed by atoms with van der Waals surface area (Å²) in [6, 6.07) is 3.85. The zero-order chi connectivity index (χ0) is 20.1. The molecule has 0 aliphatic carbocycles. The summed E-state index contributed by atoms with van der Waals surface area (Å²) in [6.07, 6.45) is 8.87. The summed E-state index contributed by atoms with van der Waals surface area (Å²) in [4.78, 5) is 8.42. The van der Waals surface area contributed by atoms with Crippen molar-refractivity contribution in [3.8, 4) is 0 Å². The lowest BCUT2D eigenvalue weighted by Gasteiger charge is -2.21. The average Bonchev–Trinajstić information content (AvgIpc) is 2.68. The minimum absolute atomic E-state index is 0.0411. The number of amidine groups is 1. The van der Waals surface area contributed by atoms with Crippen molar-refractivity contribution in [3.63, 3.8) is 0 Å². The van der Waals surface area contributed by atoms with Gasteiger partial charge in [0, 0.05) is 43.6 Å². The maximum Gasteiger partial charge on any atom is 0.126 e. The zero-order valence-corrected chi connectivity index (χ0v) is 17.8. The zero-order valence-electron chi connectivity index (χ0n) is 16.2. The molecule has 0 saturated carbocycles. The maximum absolute atomic E-state index is 9.53. The number of pyridine rings is 1. The number of hydrogen-bond donors (Lipinski definition) is 3. The van der Waals surface area contributed by atoms with Gasteiger partial charge in [-0.1, -0.05) is 26.0 Å². The standard InChI is InChI=1S/C19H29BrN6O/c1-5-7-17(14-27)25-18(21-3)10-19(26(4)24-11-15(2)20)23-13-16-8-6-9-22-12-16/h6,8-12,17,23,27H,2,5,7,13-14H2,1,3-4H3,(H,21,25)/b19-10-,24-11-/t17-/m1/s1. The Hall–Kier alpha value is -2.19. The fourth-order valence-corrected chi connectivity index (χ4v) is 2.32. The molecule has 1 aromatic rings. The van der Waals surface area contributed by atoms with E-state index in [0.717, 1.165) is 24.2 Å². The van der Waals surface area contributed by atoms with Crippen LogP contribution in [0.5, 0.6) is 0 Å². The molecule has 0 unspecified atom stereocenters. The number of hydrogen-bond acceptors (Lipinski definition) is 6. The molecule has 0 spiro atoms. The molecule has 8 heteroatoms. The van der Waals surface area contributed by atoms with Crippen molar-refractivity contribution in [3.05, 3.63) is 53.0 Å². The Bertz CT molecular complexity index is 659. The minimum atomic E-state index is -0.0411. The highest BCUT2D eigenvalue weighted by Crippen LogP contribution is 2.05. The van der Waals surface area contributed by atoms with Gasteiger partial charge in [-0.3, -0.25) is 15.0 Å². The lowest BCUT2D eigenvalue weighted by Crippen LogP contribution is -2.38. The molecule has 0 aromatic carbocycles. The number of nitrogens with one attached hydrogen (secondary N) is 2. The van der Waals surface area contributed by atoms with Gasteiger partial charge < -0.3 is 15.7 Å². The van der Waals surface area contributed by atoms with E-state index in [-0.39, 0.29) is 12.6 Å². The molecule has 0 radical (unpaired) electrons. The second-order valence-corrected chi connectivity index (χ2v) is 6.90. The first-order valence-electron chi connectivity index (χ1n) is 8.80. The topological polar surface area (TPSA) is 85.1 Å². The van der Waals surface area contributed by atoms with Crippen LogP contribution in [-0.2, 0) is 6.54 Å². The number of aliphatic hydroxyl groups is 1. The number of nitrogens with zero attached hydrogens (tertiary/aromatic N) is 4. The van der Waals surface area contributed by atoms with Crippen LogP contribution in [0.25, 0.3) is 0 Å². The van der Waals surface area contributed by atoms with E-state index in [0.29, 0.717) is 16.9 Å². The first kappa shape index (κ1) is 22.9. The summed E-state index contributed by atoms with van der Waals surface area (Å²) in [6.45, 7) is 6.48. The smallest absolute Gasteiger partial charge is 0.126 e. The lowest BCUT2D eigenvalue weighted by molar-refractivity contribution is 0.248. The quantitative estimate of drug-likeness (QED) is 0.282. The molecule has 0 fully saturated rings. The normalized spacial score (nSPS) is 13.5. The Morgan fingerprint density at radius 3 is 2.85 bits per heavy atom. The third kappa shape index (κ3) is 9.35. The summed E-state index contributed by atoms with van der Waals surface area (Å²) in [5, 5.41) is 22.2. The van der Waals surface area contributed by atoms with Crippen LogP contribution in [0.15, 0.2) is 57.6 Å². The van der Waals surface area contributed by atoms with Gasteiger partial charge >= 0.3 is 0 Å². The molecule has 0 amide bonds. The third-order valence-corrected chi connectivity index (χ3v) is 3.84. The second kappa shape index (κ2) is 13.1. The molecule has 0 aliphatic heterocycles. The fourth-order valence-electron chi connectivity index (χ4n) is 2.23. The minimum Gasteiger partial charge on any atom is -0.394 e. The first-order valence-corrected chi connectivity index (χ1v) is 9.60. The predicted molar refractivity (Wildman–Crippen MR) is 116 cm³/mol. The highest BCUT2D eigenvalue weighted by molar-refractivity contribution is 9.12. The van der Waals surface area contributed by atoms with Gasteiger partial charge in [0.05, 0.1) is 18.9 Å². The Kier molecular flexibility index (Phi) is 11.0. The molecular formula is C19H29BrN6O. The van der Waals surface area contributed by atoms with Gasteiger partial charge in [-0.15, -0.1) is 0 Å². The highest BCUT2D eigenvalue weighted by atomic mass is 79.9. The van der Waals surface area contributed by atoms with E-state index >= 15 is 0 Å². The monoisotopic (exact) mass is 436 g/mol. The van der Waals surface area contributed by atoms with Gasteiger partial charge in [0.2, 0.25) is 0 Å². The molecule has 3 N–H and O–H groups in total. The van der Waals surface area contributed by atoms with Gasteiger partial charge in [0.1, 0.15) is 11.7 Å². The number of allylic oxidation sites excluding steroid dienone is 1. The summed E-state index contributed by atoms with van der Waals surface area (Å²) in [5.74, 6) is 1.40. The average molecular weight is 437 g/mol. The first-order chi connectivity index (χ1) is 13.0. The SMILES string of the molecule is C=C(Br)/C=N\N(C)/C(=C\C(=N/C)N[C@@H](CO)CCC)NCc1cccnc1. The van der Waals surface area contributed by atoms with Crippen LogP contribution in [0.4, 0.5) is 0 Å². The van der Waals surface area contributed by atoms with Gasteiger partial charge in [-0.25, -0.2) is 0 Å². The van der Waals surface area contributed by atoms with Crippen LogP contribution >= 0.6 is 15.9 Å². The van der Waals surface area contributed by atoms with Crippen molar-refractivity contribution < 1.29 is 5.11 Å². The van der Waals surface area contributed by atoms with Crippen LogP contribution in [0.1, 0.15) is 25.3 Å². The largest absolute Gasteiger partial charge is 0.394 e. The number of aromatic nitrogens is 1. The van der Waals surface area contributed by atoms with Gasteiger partial charge in [-0.05, 0) is 34.0 Å². The molecule has 148 valence electrons. The lowest BCUT2D eigenvalue weighted by atomic mass is 10.2. The van der Waals surface area contributed by atoms with Crippen molar-refractivity contribution in [1.82, 2.24) is 20.6 Å². The Morgan fingerprint density at radius 1 is 1.52 bits per heavy atom. The maximum atomic E-state index is 9.53. The Morgan fingerprint density at radius 2 is 2.30 bits per heavy atom. The van der Waals surface area contributed by atoms with Crippen molar-refractivity contribution >= 4 is 28.0 Å². The van der Waals surface area contributed by atoms with Crippen molar-refractivity contribution in [2.24, 2.45) is 10.1 Å². The van der Waals surface area contributed by atoms with E-state index in [1.54, 1.807) is 24.5 Å². The summed E-state index contributed by atoms with van der Waals surface area (Å²) in [5.41, 5.74) is 1.05. The molecule has 0 aliphatic rings. The molecule has 1 atom stereocenters. The molecule has 27 heavy (non-hydrogen) atoms. The van der Waals surface area contributed by atoms with Crippen LogP contribution in [-0.4, -0.2) is 53.9 Å². The van der Waals surface area contributed by atoms with Gasteiger partial charge in [-0.2, -0.15) is 5.10 Å². The number of hydrazone groups is 1. The predicted octanol–water partition coefficient (Wildman–Crippen LogP) is 2.62. The molecule has 1 heterocycles. The van der Waals surface area contributed by atoms with Crippen LogP contribution in [0.2, 0.25) is 0 Å². The van der Waals surface area contributed by atoms with E-state index in [4.69, 9.17) is 0 Å². The van der Waals surface area contributed by atoms with Crippen molar-refractivity contribution in [2.45, 2.75) is 32.4 Å². The molecule has 7 nitrogen and oxygen atoms in total. The van der Waals surface area contributed by atoms with E-state index in [1.165, 1.54) is 0 Å². The summed E-state index contributed by atoms with van der Waals surface area (Å²) >= 11 is 3.27. The van der Waals surface area contributed by atoms with Crippen LogP contribution in [0.3, 0.4) is 0 Å². The number of halogens is 1. The number of aliphatic imine (C=N–C) groups is 1. The Balaban J connectivity index is 2.98. The van der Waals surface area contributed by atoms with E-state index in [2.05, 4.69) is 55.1 Å². The van der Waals surface area contributed by atoms with Crippen molar-refractivity contribution in [2.75, 3.05) is 20.7 Å². The fraction of sp³-hybridized carbons (Fsp3) is 0.421. The van der Waals surface area contributed by atoms with E-state index < -0.39 is 0 Å². The van der Waals surface area contributed by atoms with E-state index in [9.17, 15) is 5.11 Å². The molecule has 0 saturated heterocycles. The third-order valence-electron chi connectivity index (χ3n) is 3.64. The Labute approximate surface area is 170 Å². The molecule has 1 aromatic heterocycles. The van der Waals surface area contributed by atoms with Gasteiger partial charge in [0.15, 0.2) is 0 Å². The second-order valence-electron chi connectivity index (χ2n) is 5.88. The van der Waals surface area contributed by atoms with E-state index in [1.807, 2.05) is 31.5 Å². The highest BCUT2D eigenvalue weighted by Gasteiger charge is 2.10. The molecule has 0 bridgehead atoms. The number of aliphatic hydroxyl groups excluding tert-OH is 1. The van der Waals surface area contributed by atoms with Crippen LogP contribution < -0.4 is 10.6 Å². The summed E-state index contributed by atoms with van der Waals surface area (Å²) in [7, 11) is 3.54. The van der Waals surface area contributed by atoms with Gasteiger partial charge in [0.25, 0.3) is 0 Å². The molecule has 1 rings (SSSR count). The van der Waals surface area contributed by atoms with Crippen molar-refractivity contribution in [1.29, 1.82) is 0 Å². The van der Waals surface area contributed by atoms with Crippen LogP contribution in [0, 0.1) is 0 Å². The number of rotatable bonds is 11.